The molecule has 5 rings (SSSR count). The number of hydrogen-bond acceptors (Lipinski definition) is 5. The Hall–Kier alpha value is -2.68. The van der Waals surface area contributed by atoms with Gasteiger partial charge in [0, 0.05) is 17.7 Å². The molecule has 8 heteroatoms. The molecule has 1 amide bonds. The number of methoxy groups -OCH3 is 1. The zero-order chi connectivity index (χ0) is 24.3. The minimum Gasteiger partial charge on any atom is -0.497 e. The number of aliphatic hydroxyl groups is 1. The number of rotatable bonds is 6. The standard InChI is InChI=1S/C26H30N2O5S/c1-17-4-11-21(12-5-17)34(31,32)27-25(2)14-19-8-13-23-26(19,30)22(15-25)24(29)28(23)16-18-6-9-20(33-3)10-7-18/h4-7,9-12,15,19,23,27,30H,8,13-14,16H2,1-3H3/t19?,23-,25-,26+/m1/s1. The van der Waals surface area contributed by atoms with Crippen molar-refractivity contribution in [2.75, 3.05) is 7.11 Å². The molecule has 1 saturated carbocycles. The molecule has 0 radical (unpaired) electrons. The number of carbonyl (C=O) groups excluding carboxylic acids is 1. The molecule has 0 aromatic heterocycles. The molecule has 7 nitrogen and oxygen atoms in total. The summed E-state index contributed by atoms with van der Waals surface area (Å²) >= 11 is 0. The van der Waals surface area contributed by atoms with Gasteiger partial charge < -0.3 is 14.7 Å². The van der Waals surface area contributed by atoms with Gasteiger partial charge >= 0.3 is 0 Å². The van der Waals surface area contributed by atoms with E-state index in [1.54, 1.807) is 49.3 Å². The summed E-state index contributed by atoms with van der Waals surface area (Å²) in [7, 11) is -2.20. The molecule has 2 aromatic rings. The van der Waals surface area contributed by atoms with Gasteiger partial charge in [0.05, 0.1) is 18.0 Å². The van der Waals surface area contributed by atoms with Crippen LogP contribution in [0.15, 0.2) is 65.1 Å². The molecule has 4 atom stereocenters. The van der Waals surface area contributed by atoms with Crippen LogP contribution in [0, 0.1) is 12.8 Å². The predicted molar refractivity (Wildman–Crippen MR) is 128 cm³/mol. The Morgan fingerprint density at radius 2 is 1.79 bits per heavy atom. The maximum atomic E-state index is 13.5. The second-order valence-electron chi connectivity index (χ2n) is 9.99. The average Bonchev–Trinajstić information content (AvgIpc) is 3.22. The highest BCUT2D eigenvalue weighted by atomic mass is 32.2. The van der Waals surface area contributed by atoms with Crippen LogP contribution in [0.4, 0.5) is 0 Å². The van der Waals surface area contributed by atoms with Crippen molar-refractivity contribution in [1.82, 2.24) is 9.62 Å². The lowest BCUT2D eigenvalue weighted by atomic mass is 9.71. The molecule has 2 fully saturated rings. The van der Waals surface area contributed by atoms with Gasteiger partial charge in [-0.15, -0.1) is 0 Å². The van der Waals surface area contributed by atoms with Gasteiger partial charge in [-0.3, -0.25) is 4.79 Å². The number of nitrogens with zero attached hydrogens (tertiary/aromatic N) is 1. The first-order valence-electron chi connectivity index (χ1n) is 11.6. The highest BCUT2D eigenvalue weighted by molar-refractivity contribution is 7.89. The molecular formula is C26H30N2O5S. The Morgan fingerprint density at radius 3 is 2.44 bits per heavy atom. The number of hydrogen-bond donors (Lipinski definition) is 2. The van der Waals surface area contributed by atoms with Gasteiger partial charge in [-0.1, -0.05) is 35.9 Å². The molecule has 180 valence electrons. The molecule has 34 heavy (non-hydrogen) atoms. The first-order chi connectivity index (χ1) is 16.1. The van der Waals surface area contributed by atoms with Crippen molar-refractivity contribution < 1.29 is 23.1 Å². The average molecular weight is 483 g/mol. The molecule has 0 spiro atoms. The number of aryl methyl sites for hydroxylation is 1. The fraction of sp³-hybridized carbons (Fsp3) is 0.423. The summed E-state index contributed by atoms with van der Waals surface area (Å²) in [5, 5.41) is 11.8. The molecule has 0 bridgehead atoms. The van der Waals surface area contributed by atoms with Crippen LogP contribution in [0.25, 0.3) is 0 Å². The first kappa shape index (κ1) is 23.1. The zero-order valence-corrected chi connectivity index (χ0v) is 20.4. The molecule has 1 aliphatic heterocycles. The van der Waals surface area contributed by atoms with Crippen molar-refractivity contribution in [3.63, 3.8) is 0 Å². The third kappa shape index (κ3) is 3.65. The van der Waals surface area contributed by atoms with E-state index in [1.165, 1.54) is 0 Å². The van der Waals surface area contributed by atoms with Crippen LogP contribution in [0.2, 0.25) is 0 Å². The smallest absolute Gasteiger partial charge is 0.253 e. The second kappa shape index (κ2) is 7.93. The zero-order valence-electron chi connectivity index (χ0n) is 19.6. The topological polar surface area (TPSA) is 95.9 Å². The van der Waals surface area contributed by atoms with Crippen LogP contribution in [-0.4, -0.2) is 48.6 Å². The normalized spacial score (nSPS) is 30.3. The van der Waals surface area contributed by atoms with Crippen molar-refractivity contribution in [1.29, 1.82) is 0 Å². The summed E-state index contributed by atoms with van der Waals surface area (Å²) < 4.78 is 34.3. The molecule has 1 unspecified atom stereocenters. The van der Waals surface area contributed by atoms with Crippen molar-refractivity contribution in [3.8, 4) is 5.75 Å². The van der Waals surface area contributed by atoms with Crippen LogP contribution in [0.3, 0.4) is 0 Å². The van der Waals surface area contributed by atoms with E-state index < -0.39 is 21.2 Å². The van der Waals surface area contributed by atoms with Crippen LogP contribution in [0.5, 0.6) is 5.75 Å². The molecule has 2 aromatic carbocycles. The largest absolute Gasteiger partial charge is 0.497 e. The number of benzene rings is 2. The maximum Gasteiger partial charge on any atom is 0.253 e. The van der Waals surface area contributed by atoms with Crippen molar-refractivity contribution in [3.05, 3.63) is 71.3 Å². The van der Waals surface area contributed by atoms with E-state index in [4.69, 9.17) is 4.74 Å². The Labute approximate surface area is 200 Å². The third-order valence-electron chi connectivity index (χ3n) is 7.56. The van der Waals surface area contributed by atoms with Crippen LogP contribution in [-0.2, 0) is 21.4 Å². The van der Waals surface area contributed by atoms with Gasteiger partial charge in [-0.2, -0.15) is 0 Å². The number of carbonyl (C=O) groups is 1. The Morgan fingerprint density at radius 1 is 1.12 bits per heavy atom. The number of nitrogens with one attached hydrogen (secondary N) is 1. The predicted octanol–water partition coefficient (Wildman–Crippen LogP) is 2.92. The van der Waals surface area contributed by atoms with Gasteiger partial charge in [-0.25, -0.2) is 13.1 Å². The molecule has 2 aliphatic carbocycles. The lowest BCUT2D eigenvalue weighted by Gasteiger charge is -2.41. The van der Waals surface area contributed by atoms with Gasteiger partial charge in [0.15, 0.2) is 0 Å². The molecule has 1 heterocycles. The first-order valence-corrected chi connectivity index (χ1v) is 13.0. The van der Waals surface area contributed by atoms with Crippen LogP contribution < -0.4 is 9.46 Å². The molecular weight excluding hydrogens is 452 g/mol. The van der Waals surface area contributed by atoms with E-state index in [2.05, 4.69) is 4.72 Å². The van der Waals surface area contributed by atoms with E-state index in [-0.39, 0.29) is 22.8 Å². The minimum absolute atomic E-state index is 0.182. The summed E-state index contributed by atoms with van der Waals surface area (Å²) in [5.74, 6) is 0.311. The maximum absolute atomic E-state index is 13.5. The minimum atomic E-state index is -3.80. The van der Waals surface area contributed by atoms with Crippen molar-refractivity contribution in [2.24, 2.45) is 5.92 Å². The SMILES string of the molecule is COc1ccc(CN2C(=O)C3=C[C@](C)(NS(=O)(=O)c4ccc(C)cc4)CC4CC[C@@H]2[C@@]34O)cc1. The van der Waals surface area contributed by atoms with E-state index in [0.717, 1.165) is 23.3 Å². The summed E-state index contributed by atoms with van der Waals surface area (Å²) in [5.41, 5.74) is 0.00675. The molecule has 3 aliphatic rings. The van der Waals surface area contributed by atoms with E-state index >= 15 is 0 Å². The van der Waals surface area contributed by atoms with Gasteiger partial charge in [-0.05, 0) is 68.9 Å². The highest BCUT2D eigenvalue weighted by Crippen LogP contribution is 2.55. The fourth-order valence-electron chi connectivity index (χ4n) is 5.92. The summed E-state index contributed by atoms with van der Waals surface area (Å²) in [6.45, 7) is 4.07. The Kier molecular flexibility index (Phi) is 5.39. The molecule has 1 saturated heterocycles. The number of sulfonamides is 1. The Balaban J connectivity index is 1.45. The highest BCUT2D eigenvalue weighted by Gasteiger charge is 2.65. The Bertz CT molecular complexity index is 1260. The lowest BCUT2D eigenvalue weighted by molar-refractivity contribution is -0.127. The summed E-state index contributed by atoms with van der Waals surface area (Å²) in [4.78, 5) is 15.4. The van der Waals surface area contributed by atoms with Gasteiger partial charge in [0.1, 0.15) is 11.4 Å². The van der Waals surface area contributed by atoms with Gasteiger partial charge in [0.2, 0.25) is 10.0 Å². The van der Waals surface area contributed by atoms with Crippen LogP contribution >= 0.6 is 0 Å². The van der Waals surface area contributed by atoms with E-state index in [0.29, 0.717) is 25.0 Å². The van der Waals surface area contributed by atoms with E-state index in [9.17, 15) is 18.3 Å². The number of likely N-dealkylation sites (tertiary alicyclic amines) is 1. The lowest BCUT2D eigenvalue weighted by Crippen LogP contribution is -2.54. The summed E-state index contributed by atoms with van der Waals surface area (Å²) in [6.07, 6.45) is 3.50. The van der Waals surface area contributed by atoms with E-state index in [1.807, 2.05) is 31.2 Å². The second-order valence-corrected chi connectivity index (χ2v) is 11.7. The molecule has 2 N–H and O–H groups in total. The van der Waals surface area contributed by atoms with Gasteiger partial charge in [0.25, 0.3) is 5.91 Å². The fourth-order valence-corrected chi connectivity index (χ4v) is 7.29. The van der Waals surface area contributed by atoms with Crippen LogP contribution in [0.1, 0.15) is 37.3 Å². The van der Waals surface area contributed by atoms with Crippen molar-refractivity contribution in [2.45, 2.75) is 61.7 Å². The third-order valence-corrected chi connectivity index (χ3v) is 9.19. The van der Waals surface area contributed by atoms with Crippen molar-refractivity contribution >= 4 is 15.9 Å². The number of ether oxygens (including phenoxy) is 1. The summed E-state index contributed by atoms with van der Waals surface area (Å²) in [6, 6.07) is 13.9. The monoisotopic (exact) mass is 482 g/mol. The number of amides is 1. The quantitative estimate of drug-likeness (QED) is 0.660.